The van der Waals surface area contributed by atoms with E-state index in [2.05, 4.69) is 43.5 Å². The molecule has 6 N–H and O–H groups in total. The molecule has 1 amide bonds. The maximum Gasteiger partial charge on any atom is 0.220 e. The summed E-state index contributed by atoms with van der Waals surface area (Å²) in [4.78, 5) is 13.1. The summed E-state index contributed by atoms with van der Waals surface area (Å²) in [6, 6.07) is -0.827. The van der Waals surface area contributed by atoms with Gasteiger partial charge in [-0.25, -0.2) is 0 Å². The van der Waals surface area contributed by atoms with Crippen molar-refractivity contribution in [1.82, 2.24) is 5.32 Å². The van der Waals surface area contributed by atoms with E-state index in [9.17, 15) is 30.3 Å². The number of nitrogens with one attached hydrogen (secondary N) is 1. The lowest BCUT2D eigenvalue weighted by Gasteiger charge is -2.40. The minimum absolute atomic E-state index is 0.184. The molecule has 75 heavy (non-hydrogen) atoms. The average Bonchev–Trinajstić information content (AvgIpc) is 3.41. The average molecular weight is 1060 g/mol. The second-order valence-corrected chi connectivity index (χ2v) is 22.9. The fourth-order valence-electron chi connectivity index (χ4n) is 10.5. The topological polar surface area (TPSA) is 149 Å². The van der Waals surface area contributed by atoms with Crippen LogP contribution in [-0.4, -0.2) is 87.5 Å². The SMILES string of the molecule is CCCCCCCCCCCCCCCCCC/C=C/CC/C=C/CC/C=C/C(O)C(COC1OC(CO)C(O)C(O)C1O)NC(=O)CCCCCCCCCCCCCCCCCCCCCCCCCCCC. The Hall–Kier alpha value is -1.59. The summed E-state index contributed by atoms with van der Waals surface area (Å²) in [5.41, 5.74) is 0. The van der Waals surface area contributed by atoms with Crippen LogP contribution in [-0.2, 0) is 14.3 Å². The lowest BCUT2D eigenvalue weighted by Crippen LogP contribution is -2.60. The molecule has 0 aromatic rings. The van der Waals surface area contributed by atoms with Gasteiger partial charge in [-0.05, 0) is 44.9 Å². The standard InChI is InChI=1S/C66H125NO8/c1-3-5-7-9-11-13-15-17-19-21-23-25-27-29-31-33-35-37-39-41-43-45-47-49-51-53-55-60(69)59(58-74-66-65(73)64(72)63(71)61(57-68)75-66)67-62(70)56-54-52-50-48-46-44-42-40-38-36-34-32-30-28-26-24-22-20-18-16-14-12-10-8-6-4-2/h37,39,45,47,53,55,59-61,63-66,68-69,71-73H,3-36,38,40-44,46,48-52,54,56-58H2,1-2H3,(H,67,70)/b39-37+,47-45+,55-53+. The molecule has 0 radical (unpaired) electrons. The highest BCUT2D eigenvalue weighted by Crippen LogP contribution is 2.23. The van der Waals surface area contributed by atoms with Gasteiger partial charge in [-0.2, -0.15) is 0 Å². The van der Waals surface area contributed by atoms with Gasteiger partial charge >= 0.3 is 0 Å². The Morgan fingerprint density at radius 1 is 0.440 bits per heavy atom. The Balaban J connectivity index is 2.19. The number of amides is 1. The second kappa shape index (κ2) is 55.7. The van der Waals surface area contributed by atoms with Crippen LogP contribution in [0.5, 0.6) is 0 Å². The number of ether oxygens (including phenoxy) is 2. The fourth-order valence-corrected chi connectivity index (χ4v) is 10.5. The van der Waals surface area contributed by atoms with E-state index < -0.39 is 49.5 Å². The zero-order valence-electron chi connectivity index (χ0n) is 49.3. The van der Waals surface area contributed by atoms with E-state index in [1.807, 2.05) is 6.08 Å². The Morgan fingerprint density at radius 2 is 0.760 bits per heavy atom. The van der Waals surface area contributed by atoms with E-state index in [-0.39, 0.29) is 12.5 Å². The molecule has 9 heteroatoms. The number of carbonyl (C=O) groups excluding carboxylic acids is 1. The summed E-state index contributed by atoms with van der Waals surface area (Å²) in [6.45, 7) is 3.81. The summed E-state index contributed by atoms with van der Waals surface area (Å²) >= 11 is 0. The predicted molar refractivity (Wildman–Crippen MR) is 318 cm³/mol. The monoisotopic (exact) mass is 1060 g/mol. The zero-order valence-corrected chi connectivity index (χ0v) is 49.3. The fraction of sp³-hybridized carbons (Fsp3) is 0.894. The van der Waals surface area contributed by atoms with E-state index >= 15 is 0 Å². The van der Waals surface area contributed by atoms with Gasteiger partial charge in [0.2, 0.25) is 5.91 Å². The van der Waals surface area contributed by atoms with E-state index in [1.165, 1.54) is 257 Å². The predicted octanol–water partition coefficient (Wildman–Crippen LogP) is 17.1. The first kappa shape index (κ1) is 71.4. The van der Waals surface area contributed by atoms with Gasteiger partial charge in [-0.3, -0.25) is 4.79 Å². The highest BCUT2D eigenvalue weighted by molar-refractivity contribution is 5.76. The molecule has 0 aliphatic carbocycles. The normalized spacial score (nSPS) is 19.1. The molecule has 0 saturated carbocycles. The molecule has 1 aliphatic heterocycles. The largest absolute Gasteiger partial charge is 0.394 e. The van der Waals surface area contributed by atoms with Gasteiger partial charge in [0.15, 0.2) is 6.29 Å². The smallest absolute Gasteiger partial charge is 0.220 e. The Labute approximate surface area is 463 Å². The number of aliphatic hydroxyl groups is 5. The lowest BCUT2D eigenvalue weighted by atomic mass is 9.99. The molecule has 9 nitrogen and oxygen atoms in total. The van der Waals surface area contributed by atoms with Crippen LogP contribution in [0.3, 0.4) is 0 Å². The van der Waals surface area contributed by atoms with Crippen LogP contribution in [0.4, 0.5) is 0 Å². The van der Waals surface area contributed by atoms with Gasteiger partial charge in [-0.1, -0.05) is 307 Å². The molecule has 1 fully saturated rings. The van der Waals surface area contributed by atoms with E-state index in [1.54, 1.807) is 6.08 Å². The number of unbranched alkanes of at least 4 members (excludes halogenated alkanes) is 43. The number of carbonyl (C=O) groups is 1. The molecule has 7 atom stereocenters. The Morgan fingerprint density at radius 3 is 1.12 bits per heavy atom. The van der Waals surface area contributed by atoms with Crippen molar-refractivity contribution in [2.24, 2.45) is 0 Å². The highest BCUT2D eigenvalue weighted by Gasteiger charge is 2.44. The van der Waals surface area contributed by atoms with Gasteiger partial charge in [0.05, 0.1) is 25.4 Å². The Kier molecular flexibility index (Phi) is 53.1. The molecule has 442 valence electrons. The van der Waals surface area contributed by atoms with E-state index in [0.717, 1.165) is 44.9 Å². The second-order valence-electron chi connectivity index (χ2n) is 22.9. The minimum Gasteiger partial charge on any atom is -0.394 e. The van der Waals surface area contributed by atoms with Crippen molar-refractivity contribution >= 4 is 5.91 Å². The van der Waals surface area contributed by atoms with Gasteiger partial charge in [0.1, 0.15) is 24.4 Å². The maximum atomic E-state index is 13.1. The van der Waals surface area contributed by atoms with Crippen molar-refractivity contribution in [2.45, 2.75) is 365 Å². The first-order valence-corrected chi connectivity index (χ1v) is 32.7. The molecule has 0 aromatic heterocycles. The Bertz CT molecular complexity index is 1270. The van der Waals surface area contributed by atoms with Crippen molar-refractivity contribution in [2.75, 3.05) is 13.2 Å². The van der Waals surface area contributed by atoms with Gasteiger partial charge in [-0.15, -0.1) is 0 Å². The molecule has 0 aromatic carbocycles. The third kappa shape index (κ3) is 44.9. The summed E-state index contributed by atoms with van der Waals surface area (Å²) < 4.78 is 11.3. The third-order valence-corrected chi connectivity index (χ3v) is 15.7. The molecule has 0 bridgehead atoms. The van der Waals surface area contributed by atoms with Crippen LogP contribution in [0.2, 0.25) is 0 Å². The van der Waals surface area contributed by atoms with Crippen LogP contribution in [0, 0.1) is 0 Å². The van der Waals surface area contributed by atoms with Gasteiger partial charge in [0, 0.05) is 6.42 Å². The van der Waals surface area contributed by atoms with Crippen LogP contribution in [0.1, 0.15) is 322 Å². The van der Waals surface area contributed by atoms with Crippen molar-refractivity contribution in [3.05, 3.63) is 36.5 Å². The number of hydrogen-bond donors (Lipinski definition) is 6. The maximum absolute atomic E-state index is 13.1. The molecule has 1 saturated heterocycles. The van der Waals surface area contributed by atoms with Crippen molar-refractivity contribution < 1.29 is 39.8 Å². The lowest BCUT2D eigenvalue weighted by molar-refractivity contribution is -0.302. The number of aliphatic hydroxyl groups excluding tert-OH is 5. The third-order valence-electron chi connectivity index (χ3n) is 15.7. The molecule has 7 unspecified atom stereocenters. The summed E-state index contributed by atoms with van der Waals surface area (Å²) in [7, 11) is 0. The number of hydrogen-bond acceptors (Lipinski definition) is 8. The summed E-state index contributed by atoms with van der Waals surface area (Å²) in [6.07, 6.45) is 66.7. The van der Waals surface area contributed by atoms with E-state index in [0.29, 0.717) is 6.42 Å². The first-order valence-electron chi connectivity index (χ1n) is 32.7. The van der Waals surface area contributed by atoms with E-state index in [4.69, 9.17) is 9.47 Å². The molecule has 1 rings (SSSR count). The van der Waals surface area contributed by atoms with Crippen LogP contribution in [0.15, 0.2) is 36.5 Å². The quantitative estimate of drug-likeness (QED) is 0.0261. The highest BCUT2D eigenvalue weighted by atomic mass is 16.7. The molecule has 1 aliphatic rings. The van der Waals surface area contributed by atoms with Crippen LogP contribution < -0.4 is 5.32 Å². The van der Waals surface area contributed by atoms with Gasteiger partial charge in [0.25, 0.3) is 0 Å². The number of rotatable bonds is 57. The van der Waals surface area contributed by atoms with Crippen molar-refractivity contribution in [3.8, 4) is 0 Å². The van der Waals surface area contributed by atoms with Crippen molar-refractivity contribution in [1.29, 1.82) is 0 Å². The van der Waals surface area contributed by atoms with Crippen LogP contribution >= 0.6 is 0 Å². The minimum atomic E-state index is -1.57. The van der Waals surface area contributed by atoms with Crippen LogP contribution in [0.25, 0.3) is 0 Å². The number of allylic oxidation sites excluding steroid dienone is 5. The molecular weight excluding hydrogens is 935 g/mol. The summed E-state index contributed by atoms with van der Waals surface area (Å²) in [5.74, 6) is -0.184. The first-order chi connectivity index (χ1) is 36.8. The zero-order chi connectivity index (χ0) is 54.3. The molecule has 1 heterocycles. The summed E-state index contributed by atoms with van der Waals surface area (Å²) in [5, 5.41) is 54.6. The molecule has 0 spiro atoms. The molecular formula is C66H125NO8. The van der Waals surface area contributed by atoms with Crippen molar-refractivity contribution in [3.63, 3.8) is 0 Å². The van der Waals surface area contributed by atoms with Gasteiger partial charge < -0.3 is 40.3 Å².